The van der Waals surface area contributed by atoms with Gasteiger partial charge in [0.1, 0.15) is 5.75 Å². The second kappa shape index (κ2) is 7.35. The third kappa shape index (κ3) is 4.89. The topological polar surface area (TPSA) is 38.3 Å². The molecule has 0 aromatic heterocycles. The second-order valence-electron chi connectivity index (χ2n) is 5.69. The van der Waals surface area contributed by atoms with Gasteiger partial charge >= 0.3 is 6.18 Å². The molecule has 1 N–H and O–H groups in total. The van der Waals surface area contributed by atoms with Crippen molar-refractivity contribution in [2.75, 3.05) is 5.32 Å². The van der Waals surface area contributed by atoms with Crippen LogP contribution in [0, 0.1) is 13.8 Å². The van der Waals surface area contributed by atoms with E-state index in [1.54, 1.807) is 12.1 Å². The van der Waals surface area contributed by atoms with E-state index in [1.807, 2.05) is 19.9 Å². The maximum atomic E-state index is 12.9. The van der Waals surface area contributed by atoms with Crippen molar-refractivity contribution in [2.45, 2.75) is 33.1 Å². The Bertz CT molecular complexity index is 790. The molecule has 0 aliphatic carbocycles. The van der Waals surface area contributed by atoms with Gasteiger partial charge in [-0.2, -0.15) is 13.2 Å². The summed E-state index contributed by atoms with van der Waals surface area (Å²) < 4.78 is 44.1. The monoisotopic (exact) mass is 371 g/mol. The molecule has 0 radical (unpaired) electrons. The zero-order chi connectivity index (χ0) is 18.8. The quantitative estimate of drug-likeness (QED) is 0.783. The summed E-state index contributed by atoms with van der Waals surface area (Å²) >= 11 is 5.56. The van der Waals surface area contributed by atoms with Gasteiger partial charge in [0.05, 0.1) is 10.6 Å². The Balaban J connectivity index is 2.09. The normalized spacial score (nSPS) is 12.6. The van der Waals surface area contributed by atoms with Crippen LogP contribution in [-0.4, -0.2) is 12.0 Å². The zero-order valence-corrected chi connectivity index (χ0v) is 14.6. The van der Waals surface area contributed by atoms with Crippen LogP contribution in [0.4, 0.5) is 18.9 Å². The van der Waals surface area contributed by atoms with Crippen molar-refractivity contribution < 1.29 is 22.7 Å². The van der Waals surface area contributed by atoms with Crippen molar-refractivity contribution in [3.63, 3.8) is 0 Å². The van der Waals surface area contributed by atoms with E-state index in [0.717, 1.165) is 23.3 Å². The molecule has 0 heterocycles. The molecule has 0 aliphatic rings. The fourth-order valence-electron chi connectivity index (χ4n) is 2.11. The molecule has 134 valence electrons. The number of ether oxygens (including phenoxy) is 1. The molecular formula is C18H17ClF3NO2. The van der Waals surface area contributed by atoms with E-state index in [2.05, 4.69) is 5.32 Å². The Morgan fingerprint density at radius 1 is 1.12 bits per heavy atom. The van der Waals surface area contributed by atoms with Crippen LogP contribution in [-0.2, 0) is 11.0 Å². The number of alkyl halides is 3. The summed E-state index contributed by atoms with van der Waals surface area (Å²) in [6.07, 6.45) is -5.48. The number of carbonyl (C=O) groups is 1. The van der Waals surface area contributed by atoms with E-state index in [1.165, 1.54) is 13.0 Å². The first-order valence-corrected chi connectivity index (χ1v) is 7.87. The van der Waals surface area contributed by atoms with Gasteiger partial charge in [0.2, 0.25) is 0 Å². The molecule has 3 nitrogen and oxygen atoms in total. The van der Waals surface area contributed by atoms with Crippen molar-refractivity contribution in [3.8, 4) is 5.75 Å². The summed E-state index contributed by atoms with van der Waals surface area (Å²) in [5, 5.41) is 1.98. The predicted octanol–water partition coefficient (Wildman–Crippen LogP) is 5.38. The average Bonchev–Trinajstić information content (AvgIpc) is 2.51. The second-order valence-corrected chi connectivity index (χ2v) is 6.09. The lowest BCUT2D eigenvalue weighted by Crippen LogP contribution is -2.30. The van der Waals surface area contributed by atoms with Gasteiger partial charge in [0, 0.05) is 5.69 Å². The summed E-state index contributed by atoms with van der Waals surface area (Å²) in [6.45, 7) is 5.39. The van der Waals surface area contributed by atoms with Crippen LogP contribution < -0.4 is 10.1 Å². The van der Waals surface area contributed by atoms with Gasteiger partial charge in [-0.3, -0.25) is 4.79 Å². The fraction of sp³-hybridized carbons (Fsp3) is 0.278. The Labute approximate surface area is 148 Å². The summed E-state index contributed by atoms with van der Waals surface area (Å²) in [7, 11) is 0. The van der Waals surface area contributed by atoms with Crippen LogP contribution in [0.15, 0.2) is 36.4 Å². The molecule has 2 rings (SSSR count). The Morgan fingerprint density at radius 3 is 2.40 bits per heavy atom. The van der Waals surface area contributed by atoms with Crippen LogP contribution in [0.5, 0.6) is 5.75 Å². The SMILES string of the molecule is Cc1ccc(OC(C)C(=O)Nc2ccc(Cl)c(C(F)(F)F)c2)cc1C. The van der Waals surface area contributed by atoms with Crippen molar-refractivity contribution in [2.24, 2.45) is 0 Å². The van der Waals surface area contributed by atoms with Crippen LogP contribution in [0.3, 0.4) is 0 Å². The number of benzene rings is 2. The lowest BCUT2D eigenvalue weighted by atomic mass is 10.1. The first-order valence-electron chi connectivity index (χ1n) is 7.49. The van der Waals surface area contributed by atoms with Crippen molar-refractivity contribution in [1.29, 1.82) is 0 Å². The Morgan fingerprint density at radius 2 is 1.80 bits per heavy atom. The maximum Gasteiger partial charge on any atom is 0.417 e. The predicted molar refractivity (Wildman–Crippen MR) is 91.1 cm³/mol. The van der Waals surface area contributed by atoms with Gasteiger partial charge < -0.3 is 10.1 Å². The van der Waals surface area contributed by atoms with Gasteiger partial charge in [0.15, 0.2) is 6.10 Å². The standard InChI is InChI=1S/C18H17ClF3NO2/c1-10-4-6-14(8-11(10)2)25-12(3)17(24)23-13-5-7-16(19)15(9-13)18(20,21)22/h4-9,12H,1-3H3,(H,23,24). The molecule has 7 heteroatoms. The van der Waals surface area contributed by atoms with Crippen molar-refractivity contribution >= 4 is 23.2 Å². The molecule has 0 fully saturated rings. The van der Waals surface area contributed by atoms with E-state index in [4.69, 9.17) is 16.3 Å². The number of nitrogens with one attached hydrogen (secondary N) is 1. The highest BCUT2D eigenvalue weighted by Gasteiger charge is 2.33. The van der Waals surface area contributed by atoms with Crippen LogP contribution >= 0.6 is 11.6 Å². The Kier molecular flexibility index (Phi) is 5.62. The highest BCUT2D eigenvalue weighted by atomic mass is 35.5. The van der Waals surface area contributed by atoms with Gasteiger partial charge in [0.25, 0.3) is 5.91 Å². The number of hydrogen-bond donors (Lipinski definition) is 1. The number of hydrogen-bond acceptors (Lipinski definition) is 2. The van der Waals surface area contributed by atoms with E-state index in [9.17, 15) is 18.0 Å². The Hall–Kier alpha value is -2.21. The van der Waals surface area contributed by atoms with Crippen LogP contribution in [0.1, 0.15) is 23.6 Å². The summed E-state index contributed by atoms with van der Waals surface area (Å²) in [5.74, 6) is -0.0495. The average molecular weight is 372 g/mol. The largest absolute Gasteiger partial charge is 0.481 e. The number of halogens is 4. The number of anilines is 1. The maximum absolute atomic E-state index is 12.9. The summed E-state index contributed by atoms with van der Waals surface area (Å²) in [5.41, 5.74) is 1.09. The smallest absolute Gasteiger partial charge is 0.417 e. The van der Waals surface area contributed by atoms with Crippen molar-refractivity contribution in [1.82, 2.24) is 0 Å². The third-order valence-electron chi connectivity index (χ3n) is 3.70. The lowest BCUT2D eigenvalue weighted by molar-refractivity contribution is -0.137. The molecule has 0 saturated carbocycles. The van der Waals surface area contributed by atoms with E-state index < -0.39 is 28.8 Å². The molecule has 2 aromatic carbocycles. The lowest BCUT2D eigenvalue weighted by Gasteiger charge is -2.16. The molecule has 0 aliphatic heterocycles. The summed E-state index contributed by atoms with van der Waals surface area (Å²) in [4.78, 5) is 12.2. The molecule has 25 heavy (non-hydrogen) atoms. The van der Waals surface area contributed by atoms with Gasteiger partial charge in [-0.25, -0.2) is 0 Å². The zero-order valence-electron chi connectivity index (χ0n) is 13.9. The molecule has 0 bridgehead atoms. The first kappa shape index (κ1) is 19.1. The minimum absolute atomic E-state index is 0.00254. The minimum Gasteiger partial charge on any atom is -0.481 e. The van der Waals surface area contributed by atoms with E-state index in [0.29, 0.717) is 5.75 Å². The molecular weight excluding hydrogens is 355 g/mol. The van der Waals surface area contributed by atoms with Crippen molar-refractivity contribution in [3.05, 3.63) is 58.1 Å². The molecule has 1 amide bonds. The van der Waals surface area contributed by atoms with E-state index >= 15 is 0 Å². The first-order chi connectivity index (χ1) is 11.6. The summed E-state index contributed by atoms with van der Waals surface area (Å²) in [6, 6.07) is 8.58. The molecule has 1 atom stereocenters. The molecule has 0 spiro atoms. The fourth-order valence-corrected chi connectivity index (χ4v) is 2.33. The van der Waals surface area contributed by atoms with E-state index in [-0.39, 0.29) is 5.69 Å². The van der Waals surface area contributed by atoms with Gasteiger partial charge in [-0.1, -0.05) is 17.7 Å². The minimum atomic E-state index is -4.60. The number of carbonyl (C=O) groups excluding carboxylic acids is 1. The van der Waals surface area contributed by atoms with Gasteiger partial charge in [-0.15, -0.1) is 0 Å². The van der Waals surface area contributed by atoms with Gasteiger partial charge in [-0.05, 0) is 62.2 Å². The molecule has 2 aromatic rings. The third-order valence-corrected chi connectivity index (χ3v) is 4.03. The highest BCUT2D eigenvalue weighted by Crippen LogP contribution is 2.36. The highest BCUT2D eigenvalue weighted by molar-refractivity contribution is 6.31. The molecule has 1 unspecified atom stereocenters. The molecule has 0 saturated heterocycles. The van der Waals surface area contributed by atoms with Crippen LogP contribution in [0.25, 0.3) is 0 Å². The number of aryl methyl sites for hydroxylation is 2. The number of amides is 1. The number of rotatable bonds is 4. The van der Waals surface area contributed by atoms with Crippen LogP contribution in [0.2, 0.25) is 5.02 Å².